The second kappa shape index (κ2) is 13.5. The Balaban J connectivity index is 1.84. The maximum atomic E-state index is 13.8. The van der Waals surface area contributed by atoms with E-state index in [9.17, 15) is 18.3 Å². The first kappa shape index (κ1) is 29.3. The molecular weight excluding hydrogens is 493 g/mol. The van der Waals surface area contributed by atoms with E-state index >= 15 is 0 Å². The Morgan fingerprint density at radius 3 is 2.26 bits per heavy atom. The van der Waals surface area contributed by atoms with Gasteiger partial charge in [0, 0.05) is 31.1 Å². The van der Waals surface area contributed by atoms with Crippen LogP contribution in [-0.2, 0) is 6.18 Å². The Kier molecular flexibility index (Phi) is 10.4. The smallest absolute Gasteiger partial charge is 0.419 e. The minimum absolute atomic E-state index is 0.109. The molecule has 1 atom stereocenters. The Labute approximate surface area is 222 Å². The zero-order chi connectivity index (χ0) is 27.7. The fourth-order valence-corrected chi connectivity index (χ4v) is 4.41. The first-order valence-corrected chi connectivity index (χ1v) is 12.9. The average Bonchev–Trinajstić information content (AvgIpc) is 2.88. The number of aryl methyl sites for hydroxylation is 2. The van der Waals surface area contributed by atoms with E-state index in [1.807, 2.05) is 56.3 Å². The molecule has 0 saturated heterocycles. The molecule has 3 aromatic rings. The predicted molar refractivity (Wildman–Crippen MR) is 146 cm³/mol. The van der Waals surface area contributed by atoms with Crippen molar-refractivity contribution in [1.82, 2.24) is 9.88 Å². The van der Waals surface area contributed by atoms with Gasteiger partial charge in [0.2, 0.25) is 0 Å². The number of ether oxygens (including phenoxy) is 1. The number of hydrogen-bond donors (Lipinski definition) is 3. The fraction of sp³-hybridized carbons (Fsp3) is 0.414. The van der Waals surface area contributed by atoms with E-state index in [2.05, 4.69) is 34.4 Å². The first-order chi connectivity index (χ1) is 18.2. The average molecular weight is 531 g/mol. The van der Waals surface area contributed by atoms with E-state index in [4.69, 9.17) is 4.74 Å². The van der Waals surface area contributed by atoms with E-state index in [0.717, 1.165) is 48.3 Å². The number of pyridine rings is 1. The summed E-state index contributed by atoms with van der Waals surface area (Å²) in [5.41, 5.74) is 2.34. The van der Waals surface area contributed by atoms with Crippen molar-refractivity contribution in [3.63, 3.8) is 0 Å². The molecule has 0 saturated carbocycles. The number of hydrogen-bond acceptors (Lipinski definition) is 6. The molecule has 2 aromatic carbocycles. The number of nitrogens with one attached hydrogen (secondary N) is 2. The third-order valence-corrected chi connectivity index (χ3v) is 6.44. The molecule has 38 heavy (non-hydrogen) atoms. The molecule has 206 valence electrons. The second-order valence-electron chi connectivity index (χ2n) is 9.17. The minimum Gasteiger partial charge on any atom is -0.492 e. The molecule has 0 aliphatic heterocycles. The molecule has 1 heterocycles. The standard InChI is InChI=1S/C29H37F3N4O2/c1-5-36(6-2)13-15-38-28-20(3)16-23(17-21(28)4)34-27-18-26(24(19-33-27)29(30,31)32)35-25(12-14-37)22-10-8-7-9-11-22/h7-11,16-19,25,37H,5-6,12-15H2,1-4H3,(H2,33,34,35). The molecule has 0 aliphatic carbocycles. The lowest BCUT2D eigenvalue weighted by Crippen LogP contribution is -2.28. The monoisotopic (exact) mass is 530 g/mol. The molecule has 3 rings (SSSR count). The topological polar surface area (TPSA) is 69.7 Å². The lowest BCUT2D eigenvalue weighted by Gasteiger charge is -2.23. The van der Waals surface area contributed by atoms with Gasteiger partial charge in [-0.2, -0.15) is 13.2 Å². The molecule has 0 spiro atoms. The molecule has 6 nitrogen and oxygen atoms in total. The van der Waals surface area contributed by atoms with Gasteiger partial charge in [-0.25, -0.2) is 4.98 Å². The van der Waals surface area contributed by atoms with Crippen molar-refractivity contribution in [2.24, 2.45) is 0 Å². The molecule has 3 N–H and O–H groups in total. The minimum atomic E-state index is -4.59. The molecule has 9 heteroatoms. The van der Waals surface area contributed by atoms with Gasteiger partial charge in [-0.3, -0.25) is 0 Å². The number of nitrogens with zero attached hydrogens (tertiary/aromatic N) is 2. The Bertz CT molecular complexity index is 1150. The first-order valence-electron chi connectivity index (χ1n) is 12.9. The van der Waals surface area contributed by atoms with Crippen LogP contribution in [0, 0.1) is 13.8 Å². The summed E-state index contributed by atoms with van der Waals surface area (Å²) in [6.45, 7) is 11.3. The highest BCUT2D eigenvalue weighted by atomic mass is 19.4. The van der Waals surface area contributed by atoms with Gasteiger partial charge in [0.15, 0.2) is 0 Å². The number of aliphatic hydroxyl groups excluding tert-OH is 1. The Morgan fingerprint density at radius 2 is 1.68 bits per heavy atom. The van der Waals surface area contributed by atoms with Crippen LogP contribution in [0.3, 0.4) is 0 Å². The lowest BCUT2D eigenvalue weighted by molar-refractivity contribution is -0.137. The highest BCUT2D eigenvalue weighted by Gasteiger charge is 2.35. The molecule has 1 aromatic heterocycles. The number of aromatic nitrogens is 1. The number of halogens is 3. The van der Waals surface area contributed by atoms with E-state index < -0.39 is 17.8 Å². The van der Waals surface area contributed by atoms with Crippen LogP contribution in [0.1, 0.15) is 48.6 Å². The third kappa shape index (κ3) is 7.85. The van der Waals surface area contributed by atoms with Crippen LogP contribution >= 0.6 is 0 Å². The summed E-state index contributed by atoms with van der Waals surface area (Å²) < 4.78 is 47.5. The van der Waals surface area contributed by atoms with Gasteiger partial charge in [-0.05, 0) is 62.2 Å². The summed E-state index contributed by atoms with van der Waals surface area (Å²) in [4.78, 5) is 6.32. The molecule has 0 amide bonds. The molecular formula is C29H37F3N4O2. The molecule has 0 bridgehead atoms. The summed E-state index contributed by atoms with van der Waals surface area (Å²) in [7, 11) is 0. The summed E-state index contributed by atoms with van der Waals surface area (Å²) in [5, 5.41) is 15.7. The van der Waals surface area contributed by atoms with Crippen LogP contribution in [0.2, 0.25) is 0 Å². The SMILES string of the molecule is CCN(CC)CCOc1c(C)cc(Nc2cc(NC(CCO)c3ccccc3)c(C(F)(F)F)cn2)cc1C. The van der Waals surface area contributed by atoms with Crippen LogP contribution < -0.4 is 15.4 Å². The quantitative estimate of drug-likeness (QED) is 0.228. The van der Waals surface area contributed by atoms with Gasteiger partial charge in [-0.15, -0.1) is 0 Å². The maximum absolute atomic E-state index is 13.8. The van der Waals surface area contributed by atoms with Gasteiger partial charge >= 0.3 is 6.18 Å². The van der Waals surface area contributed by atoms with Crippen LogP contribution in [0.25, 0.3) is 0 Å². The largest absolute Gasteiger partial charge is 0.492 e. The fourth-order valence-electron chi connectivity index (χ4n) is 4.41. The van der Waals surface area contributed by atoms with Gasteiger partial charge in [0.25, 0.3) is 0 Å². The zero-order valence-corrected chi connectivity index (χ0v) is 22.4. The van der Waals surface area contributed by atoms with E-state index in [1.54, 1.807) is 0 Å². The number of alkyl halides is 3. The van der Waals surface area contributed by atoms with Gasteiger partial charge < -0.3 is 25.4 Å². The van der Waals surface area contributed by atoms with Crippen molar-refractivity contribution in [3.8, 4) is 5.75 Å². The molecule has 0 fully saturated rings. The summed E-state index contributed by atoms with van der Waals surface area (Å²) >= 11 is 0. The van der Waals surface area contributed by atoms with E-state index in [-0.39, 0.29) is 24.5 Å². The third-order valence-electron chi connectivity index (χ3n) is 6.44. The summed E-state index contributed by atoms with van der Waals surface area (Å²) in [5.74, 6) is 1.07. The van der Waals surface area contributed by atoms with Crippen LogP contribution in [0.15, 0.2) is 54.7 Å². The van der Waals surface area contributed by atoms with Crippen molar-refractivity contribution >= 4 is 17.2 Å². The molecule has 0 radical (unpaired) electrons. The highest BCUT2D eigenvalue weighted by Crippen LogP contribution is 2.38. The van der Waals surface area contributed by atoms with Crippen LogP contribution in [0.4, 0.5) is 30.4 Å². The van der Waals surface area contributed by atoms with Gasteiger partial charge in [-0.1, -0.05) is 44.2 Å². The van der Waals surface area contributed by atoms with Crippen molar-refractivity contribution in [3.05, 3.63) is 77.0 Å². The number of likely N-dealkylation sites (N-methyl/N-ethyl adjacent to an activating group) is 1. The predicted octanol–water partition coefficient (Wildman–Crippen LogP) is 6.72. The number of benzene rings is 2. The van der Waals surface area contributed by atoms with Crippen molar-refractivity contribution in [2.45, 2.75) is 46.3 Å². The second-order valence-corrected chi connectivity index (χ2v) is 9.17. The summed E-state index contributed by atoms with van der Waals surface area (Å²) in [6.07, 6.45) is -3.51. The van der Waals surface area contributed by atoms with Gasteiger partial charge in [0.05, 0.1) is 17.3 Å². The van der Waals surface area contributed by atoms with Gasteiger partial charge in [0.1, 0.15) is 18.2 Å². The van der Waals surface area contributed by atoms with Crippen molar-refractivity contribution < 1.29 is 23.0 Å². The highest BCUT2D eigenvalue weighted by molar-refractivity contribution is 5.66. The molecule has 0 aliphatic rings. The Morgan fingerprint density at radius 1 is 1.03 bits per heavy atom. The number of rotatable bonds is 13. The van der Waals surface area contributed by atoms with Crippen LogP contribution in [-0.4, -0.2) is 47.8 Å². The normalized spacial score (nSPS) is 12.4. The maximum Gasteiger partial charge on any atom is 0.419 e. The molecule has 1 unspecified atom stereocenters. The van der Waals surface area contributed by atoms with E-state index in [1.165, 1.54) is 6.07 Å². The Hall–Kier alpha value is -3.30. The zero-order valence-electron chi connectivity index (χ0n) is 22.4. The number of aliphatic hydroxyl groups is 1. The van der Waals surface area contributed by atoms with Crippen LogP contribution in [0.5, 0.6) is 5.75 Å². The lowest BCUT2D eigenvalue weighted by atomic mass is 10.0. The number of anilines is 3. The van der Waals surface area contributed by atoms with Crippen molar-refractivity contribution in [2.75, 3.05) is 43.5 Å². The van der Waals surface area contributed by atoms with Crippen molar-refractivity contribution in [1.29, 1.82) is 0 Å². The van der Waals surface area contributed by atoms with E-state index in [0.29, 0.717) is 12.3 Å². The summed E-state index contributed by atoms with van der Waals surface area (Å²) in [6, 6.07) is 13.7.